The van der Waals surface area contributed by atoms with Gasteiger partial charge < -0.3 is 4.74 Å². The van der Waals surface area contributed by atoms with E-state index in [0.717, 1.165) is 6.29 Å². The van der Waals surface area contributed by atoms with Gasteiger partial charge in [0.25, 0.3) is 0 Å². The molecule has 0 aliphatic carbocycles. The molecule has 0 unspecified atom stereocenters. The van der Waals surface area contributed by atoms with Crippen molar-refractivity contribution < 1.29 is 9.53 Å². The van der Waals surface area contributed by atoms with Crippen LogP contribution in [0.3, 0.4) is 0 Å². The van der Waals surface area contributed by atoms with Crippen molar-refractivity contribution in [1.29, 1.82) is 0 Å². The van der Waals surface area contributed by atoms with Crippen molar-refractivity contribution in [2.75, 3.05) is 0 Å². The van der Waals surface area contributed by atoms with E-state index in [-0.39, 0.29) is 0 Å². The first-order valence-corrected chi connectivity index (χ1v) is 6.38. The summed E-state index contributed by atoms with van der Waals surface area (Å²) in [6, 6.07) is 6.95. The summed E-state index contributed by atoms with van der Waals surface area (Å²) in [6.45, 7) is 0. The average Bonchev–Trinajstić information content (AvgIpc) is 2.89. The number of nitrogens with zero attached hydrogens (tertiary/aromatic N) is 2. The van der Waals surface area contributed by atoms with Crippen LogP contribution in [0, 0.1) is 0 Å². The van der Waals surface area contributed by atoms with Gasteiger partial charge in [0.1, 0.15) is 5.75 Å². The van der Waals surface area contributed by atoms with Crippen LogP contribution in [-0.4, -0.2) is 15.7 Å². The Kier molecular flexibility index (Phi) is 2.77. The molecule has 0 radical (unpaired) electrons. The summed E-state index contributed by atoms with van der Waals surface area (Å²) in [4.78, 5) is 16.1. The Morgan fingerprint density at radius 1 is 1.44 bits per heavy atom. The molecule has 0 N–H and O–H groups in total. The van der Waals surface area contributed by atoms with Crippen molar-refractivity contribution in [2.24, 2.45) is 0 Å². The summed E-state index contributed by atoms with van der Waals surface area (Å²) >= 11 is 7.31. The van der Waals surface area contributed by atoms with Crippen LogP contribution in [0.5, 0.6) is 11.6 Å². The molecule has 3 rings (SSSR count). The normalized spacial score (nSPS) is 10.7. The van der Waals surface area contributed by atoms with Gasteiger partial charge in [-0.1, -0.05) is 17.7 Å². The fourth-order valence-corrected chi connectivity index (χ4v) is 2.50. The highest BCUT2D eigenvalue weighted by Crippen LogP contribution is 2.28. The number of aromatic nitrogens is 2. The van der Waals surface area contributed by atoms with Crippen molar-refractivity contribution in [3.05, 3.63) is 46.6 Å². The van der Waals surface area contributed by atoms with Crippen LogP contribution in [0.2, 0.25) is 5.02 Å². The number of carbonyl (C=O) groups excluding carboxylic acids is 1. The number of ether oxygens (including phenoxy) is 1. The first kappa shape index (κ1) is 11.3. The lowest BCUT2D eigenvalue weighted by Gasteiger charge is -2.02. The molecule has 0 aliphatic heterocycles. The lowest BCUT2D eigenvalue weighted by molar-refractivity contribution is 0.111. The minimum Gasteiger partial charge on any atom is -0.437 e. The van der Waals surface area contributed by atoms with Gasteiger partial charge >= 0.3 is 0 Å². The zero-order valence-electron chi connectivity index (χ0n) is 9.04. The number of halogens is 1. The Morgan fingerprint density at radius 3 is 3.11 bits per heavy atom. The third-order valence-electron chi connectivity index (χ3n) is 2.39. The number of aldehydes is 1. The fraction of sp³-hybridized carbons (Fsp3) is 0. The third-order valence-corrected chi connectivity index (χ3v) is 3.38. The largest absolute Gasteiger partial charge is 0.437 e. The van der Waals surface area contributed by atoms with Crippen molar-refractivity contribution in [2.45, 2.75) is 0 Å². The highest BCUT2D eigenvalue weighted by Gasteiger charge is 2.14. The van der Waals surface area contributed by atoms with Gasteiger partial charge in [-0.25, -0.2) is 0 Å². The smallest absolute Gasteiger partial charge is 0.250 e. The molecular weight excluding hydrogens is 272 g/mol. The Bertz CT molecular complexity index is 720. The molecule has 0 fully saturated rings. The quantitative estimate of drug-likeness (QED) is 0.687. The van der Waals surface area contributed by atoms with Gasteiger partial charge in [-0.05, 0) is 18.2 Å². The number of hydrogen-bond donors (Lipinski definition) is 0. The van der Waals surface area contributed by atoms with E-state index in [9.17, 15) is 4.79 Å². The van der Waals surface area contributed by atoms with Crippen LogP contribution >= 0.6 is 22.9 Å². The van der Waals surface area contributed by atoms with E-state index in [1.807, 2.05) is 5.38 Å². The van der Waals surface area contributed by atoms with Crippen LogP contribution in [0.1, 0.15) is 10.5 Å². The second-order valence-electron chi connectivity index (χ2n) is 3.54. The summed E-state index contributed by atoms with van der Waals surface area (Å²) < 4.78 is 7.28. The highest BCUT2D eigenvalue weighted by atomic mass is 35.5. The fourth-order valence-electron chi connectivity index (χ4n) is 1.61. The molecule has 2 heterocycles. The number of imidazole rings is 1. The maximum atomic E-state index is 11.1. The van der Waals surface area contributed by atoms with E-state index < -0.39 is 0 Å². The summed E-state index contributed by atoms with van der Waals surface area (Å²) in [7, 11) is 0. The second kappa shape index (κ2) is 4.44. The van der Waals surface area contributed by atoms with Crippen molar-refractivity contribution in [3.8, 4) is 11.6 Å². The maximum Gasteiger partial charge on any atom is 0.250 e. The van der Waals surface area contributed by atoms with Gasteiger partial charge in [0.05, 0.1) is 0 Å². The second-order valence-corrected chi connectivity index (χ2v) is 4.84. The van der Waals surface area contributed by atoms with Gasteiger partial charge in [0, 0.05) is 16.6 Å². The minimum atomic E-state index is 0.291. The van der Waals surface area contributed by atoms with Gasteiger partial charge in [0.15, 0.2) is 16.9 Å². The van der Waals surface area contributed by atoms with E-state index in [1.54, 1.807) is 34.9 Å². The molecule has 90 valence electrons. The molecule has 0 saturated heterocycles. The minimum absolute atomic E-state index is 0.291. The van der Waals surface area contributed by atoms with Crippen LogP contribution in [0.15, 0.2) is 35.8 Å². The molecule has 3 aromatic rings. The SMILES string of the molecule is O=Cc1c(Oc2cccc(Cl)c2)nc2sccn12. The van der Waals surface area contributed by atoms with Crippen molar-refractivity contribution in [1.82, 2.24) is 9.38 Å². The topological polar surface area (TPSA) is 43.6 Å². The van der Waals surface area contributed by atoms with Gasteiger partial charge in [-0.2, -0.15) is 4.98 Å². The molecule has 18 heavy (non-hydrogen) atoms. The standard InChI is InChI=1S/C12H7ClN2O2S/c13-8-2-1-3-9(6-8)17-11-10(7-16)15-4-5-18-12(15)14-11/h1-7H. The Morgan fingerprint density at radius 2 is 2.33 bits per heavy atom. The summed E-state index contributed by atoms with van der Waals surface area (Å²) in [5, 5.41) is 2.43. The van der Waals surface area contributed by atoms with Crippen molar-refractivity contribution >= 4 is 34.2 Å². The van der Waals surface area contributed by atoms with Crippen LogP contribution in [0.4, 0.5) is 0 Å². The van der Waals surface area contributed by atoms with E-state index in [4.69, 9.17) is 16.3 Å². The number of benzene rings is 1. The number of fused-ring (bicyclic) bond motifs is 1. The van der Waals surface area contributed by atoms with Crippen LogP contribution in [-0.2, 0) is 0 Å². The Labute approximate surface area is 111 Å². The molecule has 2 aromatic heterocycles. The van der Waals surface area contributed by atoms with E-state index >= 15 is 0 Å². The zero-order valence-corrected chi connectivity index (χ0v) is 10.6. The van der Waals surface area contributed by atoms with E-state index in [0.29, 0.717) is 27.3 Å². The monoisotopic (exact) mass is 278 g/mol. The summed E-state index contributed by atoms with van der Waals surface area (Å²) in [6.07, 6.45) is 2.51. The first-order valence-electron chi connectivity index (χ1n) is 5.12. The molecule has 1 aromatic carbocycles. The maximum absolute atomic E-state index is 11.1. The molecule has 0 spiro atoms. The molecule has 0 bridgehead atoms. The van der Waals surface area contributed by atoms with Crippen LogP contribution < -0.4 is 4.74 Å². The van der Waals surface area contributed by atoms with Gasteiger partial charge in [-0.15, -0.1) is 11.3 Å². The number of rotatable bonds is 3. The molecular formula is C12H7ClN2O2S. The van der Waals surface area contributed by atoms with Crippen molar-refractivity contribution in [3.63, 3.8) is 0 Å². The Hall–Kier alpha value is -1.85. The first-order chi connectivity index (χ1) is 8.78. The molecule has 0 saturated carbocycles. The molecule has 0 atom stereocenters. The Balaban J connectivity index is 2.04. The lowest BCUT2D eigenvalue weighted by Crippen LogP contribution is -1.91. The zero-order chi connectivity index (χ0) is 12.5. The molecule has 0 aliphatic rings. The third kappa shape index (κ3) is 1.87. The molecule has 0 amide bonds. The van der Waals surface area contributed by atoms with Crippen LogP contribution in [0.25, 0.3) is 4.96 Å². The van der Waals surface area contributed by atoms with E-state index in [1.165, 1.54) is 11.3 Å². The number of carbonyl (C=O) groups is 1. The number of hydrogen-bond acceptors (Lipinski definition) is 4. The van der Waals surface area contributed by atoms with E-state index in [2.05, 4.69) is 4.98 Å². The predicted molar refractivity (Wildman–Crippen MR) is 70.0 cm³/mol. The lowest BCUT2D eigenvalue weighted by atomic mass is 10.3. The summed E-state index contributed by atoms with van der Waals surface area (Å²) in [5.74, 6) is 0.843. The predicted octanol–water partition coefficient (Wildman–Crippen LogP) is 3.65. The summed E-state index contributed by atoms with van der Waals surface area (Å²) in [5.41, 5.74) is 0.395. The van der Waals surface area contributed by atoms with Gasteiger partial charge in [-0.3, -0.25) is 9.20 Å². The average molecular weight is 279 g/mol. The van der Waals surface area contributed by atoms with Gasteiger partial charge in [0.2, 0.25) is 5.88 Å². The molecule has 4 nitrogen and oxygen atoms in total. The number of thiazole rings is 1. The molecule has 6 heteroatoms. The highest BCUT2D eigenvalue weighted by molar-refractivity contribution is 7.15.